The molecule has 0 atom stereocenters. The SMILES string of the molecule is O=C(NCCCNC(=O)c1ccccc1N=Cc1ccccn1)c1ccccc1N=Cc1ccccn1. The first-order valence-electron chi connectivity index (χ1n) is 11.9. The normalized spacial score (nSPS) is 11.0. The van der Waals surface area contributed by atoms with Gasteiger partial charge in [-0.05, 0) is 55.0 Å². The van der Waals surface area contributed by atoms with Crippen LogP contribution in [-0.2, 0) is 0 Å². The Morgan fingerprint density at radius 3 is 1.49 bits per heavy atom. The minimum Gasteiger partial charge on any atom is -0.352 e. The van der Waals surface area contributed by atoms with Crippen LogP contribution in [0.1, 0.15) is 38.5 Å². The summed E-state index contributed by atoms with van der Waals surface area (Å²) in [5.41, 5.74) is 3.47. The highest BCUT2D eigenvalue weighted by atomic mass is 16.2. The maximum Gasteiger partial charge on any atom is 0.253 e. The number of hydrogen-bond acceptors (Lipinski definition) is 6. The van der Waals surface area contributed by atoms with Crippen molar-refractivity contribution in [1.82, 2.24) is 20.6 Å². The van der Waals surface area contributed by atoms with Gasteiger partial charge in [0.25, 0.3) is 11.8 Å². The van der Waals surface area contributed by atoms with Crippen molar-refractivity contribution in [3.8, 4) is 0 Å². The predicted molar refractivity (Wildman–Crippen MR) is 145 cm³/mol. The molecule has 0 aliphatic heterocycles. The van der Waals surface area contributed by atoms with Crippen LogP contribution in [0.5, 0.6) is 0 Å². The first kappa shape index (κ1) is 25.1. The molecule has 0 unspecified atom stereocenters. The van der Waals surface area contributed by atoms with Crippen LogP contribution < -0.4 is 10.6 Å². The number of aromatic nitrogens is 2. The van der Waals surface area contributed by atoms with Crippen molar-refractivity contribution in [1.29, 1.82) is 0 Å². The number of para-hydroxylation sites is 2. The zero-order chi connectivity index (χ0) is 25.7. The van der Waals surface area contributed by atoms with Crippen LogP contribution in [-0.4, -0.2) is 47.3 Å². The Morgan fingerprint density at radius 1 is 0.622 bits per heavy atom. The number of rotatable bonds is 10. The van der Waals surface area contributed by atoms with Gasteiger partial charge in [-0.15, -0.1) is 0 Å². The third kappa shape index (κ3) is 7.50. The van der Waals surface area contributed by atoms with Crippen LogP contribution in [0.3, 0.4) is 0 Å². The number of aliphatic imine (C=N–C) groups is 2. The standard InChI is InChI=1S/C29H26N6O2/c36-28(24-12-1-3-14-26(24)34-20-22-10-5-7-16-30-22)32-18-9-19-33-29(37)25-13-2-4-15-27(25)35-21-23-11-6-8-17-31-23/h1-8,10-17,20-21H,9,18-19H2,(H,32,36)(H,33,37). The number of carbonyl (C=O) groups excluding carboxylic acids is 2. The average Bonchev–Trinajstić information content (AvgIpc) is 2.96. The maximum absolute atomic E-state index is 12.7. The molecule has 8 nitrogen and oxygen atoms in total. The molecule has 0 radical (unpaired) electrons. The molecule has 37 heavy (non-hydrogen) atoms. The monoisotopic (exact) mass is 490 g/mol. The molecular formula is C29H26N6O2. The Balaban J connectivity index is 1.27. The second-order valence-electron chi connectivity index (χ2n) is 7.93. The minimum atomic E-state index is -0.227. The van der Waals surface area contributed by atoms with Gasteiger partial charge in [-0.1, -0.05) is 36.4 Å². The van der Waals surface area contributed by atoms with E-state index in [1.165, 1.54) is 0 Å². The average molecular weight is 491 g/mol. The van der Waals surface area contributed by atoms with E-state index in [9.17, 15) is 9.59 Å². The summed E-state index contributed by atoms with van der Waals surface area (Å²) in [7, 11) is 0. The first-order chi connectivity index (χ1) is 18.2. The van der Waals surface area contributed by atoms with E-state index in [0.29, 0.717) is 53.4 Å². The maximum atomic E-state index is 12.7. The largest absolute Gasteiger partial charge is 0.352 e. The zero-order valence-corrected chi connectivity index (χ0v) is 20.1. The van der Waals surface area contributed by atoms with Crippen molar-refractivity contribution in [3.63, 3.8) is 0 Å². The Morgan fingerprint density at radius 2 is 1.05 bits per heavy atom. The summed E-state index contributed by atoms with van der Waals surface area (Å²) in [5.74, 6) is -0.455. The summed E-state index contributed by atoms with van der Waals surface area (Å²) in [6.07, 6.45) is 7.19. The quantitative estimate of drug-likeness (QED) is 0.251. The van der Waals surface area contributed by atoms with E-state index in [1.807, 2.05) is 48.5 Å². The van der Waals surface area contributed by atoms with Crippen molar-refractivity contribution < 1.29 is 9.59 Å². The first-order valence-corrected chi connectivity index (χ1v) is 11.9. The fraction of sp³-hybridized carbons (Fsp3) is 0.103. The molecule has 2 aromatic heterocycles. The van der Waals surface area contributed by atoms with E-state index in [4.69, 9.17) is 0 Å². The van der Waals surface area contributed by atoms with Crippen molar-refractivity contribution in [3.05, 3.63) is 120 Å². The van der Waals surface area contributed by atoms with Gasteiger partial charge in [-0.25, -0.2) is 0 Å². The number of amides is 2. The molecule has 2 amide bonds. The number of nitrogens with one attached hydrogen (secondary N) is 2. The van der Waals surface area contributed by atoms with E-state index < -0.39 is 0 Å². The molecule has 0 saturated heterocycles. The third-order valence-electron chi connectivity index (χ3n) is 5.27. The van der Waals surface area contributed by atoms with E-state index in [2.05, 4.69) is 30.6 Å². The van der Waals surface area contributed by atoms with Gasteiger partial charge in [0.05, 0.1) is 46.3 Å². The van der Waals surface area contributed by atoms with E-state index in [-0.39, 0.29) is 11.8 Å². The molecule has 2 N–H and O–H groups in total. The van der Waals surface area contributed by atoms with Crippen LogP contribution in [0.2, 0.25) is 0 Å². The lowest BCUT2D eigenvalue weighted by molar-refractivity contribution is 0.0952. The Bertz CT molecular complexity index is 1280. The van der Waals surface area contributed by atoms with Crippen molar-refractivity contribution in [2.24, 2.45) is 9.98 Å². The van der Waals surface area contributed by atoms with Crippen LogP contribution >= 0.6 is 0 Å². The van der Waals surface area contributed by atoms with E-state index in [0.717, 1.165) is 0 Å². The van der Waals surface area contributed by atoms with Gasteiger partial charge in [0.2, 0.25) is 0 Å². The topological polar surface area (TPSA) is 109 Å². The molecule has 0 saturated carbocycles. The lowest BCUT2D eigenvalue weighted by atomic mass is 10.1. The third-order valence-corrected chi connectivity index (χ3v) is 5.27. The highest BCUT2D eigenvalue weighted by molar-refractivity contribution is 6.00. The smallest absolute Gasteiger partial charge is 0.253 e. The second kappa shape index (κ2) is 13.2. The molecular weight excluding hydrogens is 464 g/mol. The zero-order valence-electron chi connectivity index (χ0n) is 20.1. The van der Waals surface area contributed by atoms with Crippen molar-refractivity contribution in [2.75, 3.05) is 13.1 Å². The van der Waals surface area contributed by atoms with Gasteiger partial charge in [-0.2, -0.15) is 0 Å². The number of carbonyl (C=O) groups is 2. The minimum absolute atomic E-state index is 0.227. The van der Waals surface area contributed by atoms with Crippen molar-refractivity contribution in [2.45, 2.75) is 6.42 Å². The fourth-order valence-electron chi connectivity index (χ4n) is 3.42. The second-order valence-corrected chi connectivity index (χ2v) is 7.93. The molecule has 0 spiro atoms. The van der Waals surface area contributed by atoms with Crippen LogP contribution in [0.25, 0.3) is 0 Å². The van der Waals surface area contributed by atoms with Gasteiger partial charge in [-0.3, -0.25) is 29.5 Å². The lowest BCUT2D eigenvalue weighted by Gasteiger charge is -2.09. The summed E-state index contributed by atoms with van der Waals surface area (Å²) in [5, 5.41) is 5.78. The number of benzene rings is 2. The van der Waals surface area contributed by atoms with E-state index in [1.54, 1.807) is 61.2 Å². The molecule has 8 heteroatoms. The van der Waals surface area contributed by atoms with Gasteiger partial charge in [0, 0.05) is 25.5 Å². The Labute approximate surface area is 215 Å². The molecule has 0 bridgehead atoms. The fourth-order valence-corrected chi connectivity index (χ4v) is 3.42. The van der Waals surface area contributed by atoms with Crippen LogP contribution in [0.4, 0.5) is 11.4 Å². The number of pyridine rings is 2. The van der Waals surface area contributed by atoms with Crippen LogP contribution in [0.15, 0.2) is 107 Å². The molecule has 2 aromatic carbocycles. The summed E-state index contributed by atoms with van der Waals surface area (Å²) in [6, 6.07) is 25.4. The molecule has 0 fully saturated rings. The molecule has 0 aliphatic carbocycles. The molecule has 0 aliphatic rings. The number of nitrogens with zero attached hydrogens (tertiary/aromatic N) is 4. The molecule has 4 rings (SSSR count). The number of hydrogen-bond donors (Lipinski definition) is 2. The summed E-state index contributed by atoms with van der Waals surface area (Å²) >= 11 is 0. The predicted octanol–water partition coefficient (Wildman–Crippen LogP) is 4.53. The molecule has 2 heterocycles. The highest BCUT2D eigenvalue weighted by Crippen LogP contribution is 2.19. The van der Waals surface area contributed by atoms with Gasteiger partial charge < -0.3 is 10.6 Å². The van der Waals surface area contributed by atoms with Gasteiger partial charge in [0.1, 0.15) is 0 Å². The van der Waals surface area contributed by atoms with Gasteiger partial charge >= 0.3 is 0 Å². The van der Waals surface area contributed by atoms with E-state index >= 15 is 0 Å². The molecule has 4 aromatic rings. The lowest BCUT2D eigenvalue weighted by Crippen LogP contribution is -2.30. The summed E-state index contributed by atoms with van der Waals surface area (Å²) in [4.78, 5) is 42.7. The summed E-state index contributed by atoms with van der Waals surface area (Å²) in [6.45, 7) is 0.799. The summed E-state index contributed by atoms with van der Waals surface area (Å²) < 4.78 is 0. The van der Waals surface area contributed by atoms with Crippen molar-refractivity contribution >= 4 is 35.6 Å². The molecule has 184 valence electrons. The van der Waals surface area contributed by atoms with Crippen LogP contribution in [0, 0.1) is 0 Å². The van der Waals surface area contributed by atoms with Gasteiger partial charge in [0.15, 0.2) is 0 Å². The Kier molecular flexibility index (Phi) is 8.96. The highest BCUT2D eigenvalue weighted by Gasteiger charge is 2.11. The Hall–Kier alpha value is -4.98.